The smallest absolute Gasteiger partial charge is 0.335 e. The highest BCUT2D eigenvalue weighted by molar-refractivity contribution is 5.87. The largest absolute Gasteiger partial charge is 0.479 e. The van der Waals surface area contributed by atoms with E-state index in [0.29, 0.717) is 17.5 Å². The molecule has 0 fully saturated rings. The summed E-state index contributed by atoms with van der Waals surface area (Å²) in [7, 11) is 0. The van der Waals surface area contributed by atoms with Gasteiger partial charge in [0.1, 0.15) is 12.2 Å². The van der Waals surface area contributed by atoms with Gasteiger partial charge in [0.2, 0.25) is 0 Å². The van der Waals surface area contributed by atoms with E-state index in [1.54, 1.807) is 13.0 Å². The van der Waals surface area contributed by atoms with Crippen molar-refractivity contribution in [3.05, 3.63) is 34.9 Å². The van der Waals surface area contributed by atoms with Crippen LogP contribution in [-0.4, -0.2) is 55.0 Å². The Kier molecular flexibility index (Phi) is 9.64. The van der Waals surface area contributed by atoms with E-state index >= 15 is 0 Å². The summed E-state index contributed by atoms with van der Waals surface area (Å²) >= 11 is 0. The number of ketones is 1. The molecule has 0 aliphatic heterocycles. The van der Waals surface area contributed by atoms with Crippen LogP contribution in [-0.2, 0) is 29.2 Å². The number of carboxylic acids is 1. The van der Waals surface area contributed by atoms with Gasteiger partial charge >= 0.3 is 5.97 Å². The molecule has 0 unspecified atom stereocenters. The molecule has 0 aliphatic rings. The van der Waals surface area contributed by atoms with Crippen molar-refractivity contribution in [1.82, 2.24) is 0 Å². The van der Waals surface area contributed by atoms with Crippen LogP contribution in [0.5, 0.6) is 0 Å². The Morgan fingerprint density at radius 3 is 2.08 bits per heavy atom. The number of hydrogen-bond donors (Lipinski definition) is 6. The van der Waals surface area contributed by atoms with Crippen molar-refractivity contribution in [1.29, 1.82) is 5.26 Å². The van der Waals surface area contributed by atoms with E-state index in [9.17, 15) is 9.59 Å². The number of hydrogen-bond acceptors (Lipinski definition) is 7. The molecule has 3 atom stereocenters. The van der Waals surface area contributed by atoms with Crippen LogP contribution in [0.15, 0.2) is 18.2 Å². The number of carbonyl (C=O) groups excluding carboxylic acids is 1. The third-order valence-electron chi connectivity index (χ3n) is 3.44. The minimum absolute atomic E-state index is 0.0872. The van der Waals surface area contributed by atoms with Crippen LogP contribution in [0.25, 0.3) is 0 Å². The van der Waals surface area contributed by atoms with E-state index in [-0.39, 0.29) is 13.2 Å². The number of carbonyl (C=O) groups is 2. The minimum Gasteiger partial charge on any atom is -0.479 e. The standard InChI is InChI=1S/C12H16N2O2.C5H8O5/c1-12(14,8-13)5-9-2-3-10(6-15)11(4-9)7-16;1-2(6)3(7)4(8)5(9)10/h2-4,15-16H,5-7,14H2,1H3;3-4,7-8H,1H3,(H,9,10)/p+1/t12-;3-,4+/m10/s1. The lowest BCUT2D eigenvalue weighted by Gasteiger charge is -2.13. The van der Waals surface area contributed by atoms with E-state index in [2.05, 4.69) is 11.8 Å². The van der Waals surface area contributed by atoms with Gasteiger partial charge in [-0.2, -0.15) is 5.26 Å². The van der Waals surface area contributed by atoms with E-state index in [0.717, 1.165) is 12.5 Å². The molecule has 0 aliphatic carbocycles. The van der Waals surface area contributed by atoms with Gasteiger partial charge in [0.25, 0.3) is 0 Å². The molecule has 0 aromatic heterocycles. The van der Waals surface area contributed by atoms with Gasteiger partial charge in [0, 0.05) is 13.3 Å². The number of benzene rings is 1. The van der Waals surface area contributed by atoms with E-state index in [1.165, 1.54) is 0 Å². The van der Waals surface area contributed by atoms with Gasteiger partial charge in [-0.1, -0.05) is 18.2 Å². The van der Waals surface area contributed by atoms with Crippen LogP contribution in [0.4, 0.5) is 0 Å². The first-order chi connectivity index (χ1) is 12.0. The molecule has 1 aromatic rings. The van der Waals surface area contributed by atoms with E-state index < -0.39 is 29.5 Å². The second-order valence-corrected chi connectivity index (χ2v) is 6.11. The number of quaternary nitrogens is 1. The van der Waals surface area contributed by atoms with Crippen molar-refractivity contribution in [3.8, 4) is 6.07 Å². The molecule has 0 amide bonds. The third-order valence-corrected chi connectivity index (χ3v) is 3.44. The highest BCUT2D eigenvalue weighted by Crippen LogP contribution is 2.15. The Bertz CT molecular complexity index is 650. The molecule has 1 rings (SSSR count). The number of carboxylic acid groups (broad SMARTS) is 1. The molecule has 0 heterocycles. The fraction of sp³-hybridized carbons (Fsp3) is 0.471. The van der Waals surface area contributed by atoms with Crippen LogP contribution >= 0.6 is 0 Å². The molecule has 1 aromatic carbocycles. The summed E-state index contributed by atoms with van der Waals surface area (Å²) in [6, 6.07) is 7.57. The van der Waals surface area contributed by atoms with Gasteiger partial charge in [0.15, 0.2) is 17.4 Å². The summed E-state index contributed by atoms with van der Waals surface area (Å²) in [4.78, 5) is 20.1. The fourth-order valence-corrected chi connectivity index (χ4v) is 1.94. The number of aliphatic hydroxyl groups excluding tert-OH is 4. The van der Waals surface area contributed by atoms with Gasteiger partial charge in [0.05, 0.1) is 13.2 Å². The molecular weight excluding hydrogens is 344 g/mol. The summed E-state index contributed by atoms with van der Waals surface area (Å²) in [5, 5.41) is 52.2. The first-order valence-electron chi connectivity index (χ1n) is 7.67. The summed E-state index contributed by atoms with van der Waals surface area (Å²) in [6.07, 6.45) is -3.31. The van der Waals surface area contributed by atoms with Crippen molar-refractivity contribution in [3.63, 3.8) is 0 Å². The summed E-state index contributed by atoms with van der Waals surface area (Å²) < 4.78 is 0. The Balaban J connectivity index is 0.000000541. The fourth-order valence-electron chi connectivity index (χ4n) is 1.94. The molecule has 26 heavy (non-hydrogen) atoms. The number of aliphatic hydroxyl groups is 4. The van der Waals surface area contributed by atoms with E-state index in [4.69, 9.17) is 30.8 Å². The predicted molar refractivity (Wildman–Crippen MR) is 89.2 cm³/mol. The minimum atomic E-state index is -2.02. The van der Waals surface area contributed by atoms with Crippen LogP contribution in [0.3, 0.4) is 0 Å². The Hall–Kier alpha value is -2.35. The number of nitrogens with zero attached hydrogens (tertiary/aromatic N) is 1. The van der Waals surface area contributed by atoms with Crippen LogP contribution in [0, 0.1) is 11.3 Å². The van der Waals surface area contributed by atoms with Gasteiger partial charge < -0.3 is 31.3 Å². The second-order valence-electron chi connectivity index (χ2n) is 6.11. The quantitative estimate of drug-likeness (QED) is 0.322. The molecule has 0 saturated heterocycles. The molecule has 9 nitrogen and oxygen atoms in total. The average Bonchev–Trinajstić information content (AvgIpc) is 2.60. The van der Waals surface area contributed by atoms with Gasteiger partial charge in [-0.05, 0) is 23.6 Å². The zero-order chi connectivity index (χ0) is 20.5. The van der Waals surface area contributed by atoms with Crippen molar-refractivity contribution in [2.45, 2.75) is 51.2 Å². The normalized spacial score (nSPS) is 14.8. The second kappa shape index (κ2) is 10.6. The molecule has 9 heteroatoms. The molecule has 0 radical (unpaired) electrons. The van der Waals surface area contributed by atoms with Crippen LogP contribution in [0.2, 0.25) is 0 Å². The van der Waals surface area contributed by atoms with Crippen molar-refractivity contribution < 1.29 is 40.9 Å². The average molecular weight is 369 g/mol. The van der Waals surface area contributed by atoms with Crippen molar-refractivity contribution >= 4 is 11.8 Å². The molecular formula is C17H25N2O7+. The maximum atomic E-state index is 10.2. The zero-order valence-electron chi connectivity index (χ0n) is 14.7. The summed E-state index contributed by atoms with van der Waals surface area (Å²) in [5.41, 5.74) is 5.51. The Morgan fingerprint density at radius 1 is 1.19 bits per heavy atom. The maximum absolute atomic E-state index is 10.2. The van der Waals surface area contributed by atoms with Crippen molar-refractivity contribution in [2.24, 2.45) is 0 Å². The van der Waals surface area contributed by atoms with Crippen LogP contribution in [0.1, 0.15) is 30.5 Å². The number of nitriles is 1. The first kappa shape index (κ1) is 23.6. The predicted octanol–water partition coefficient (Wildman–Crippen LogP) is -1.88. The highest BCUT2D eigenvalue weighted by atomic mass is 16.4. The Labute approximate surface area is 150 Å². The Morgan fingerprint density at radius 2 is 1.73 bits per heavy atom. The molecule has 144 valence electrons. The topological polar surface area (TPSA) is 187 Å². The number of Topliss-reactive ketones (excluding diaryl/α,β-unsaturated/α-hetero) is 1. The highest BCUT2D eigenvalue weighted by Gasteiger charge is 2.26. The van der Waals surface area contributed by atoms with Gasteiger partial charge in [-0.25, -0.2) is 4.79 Å². The molecule has 0 spiro atoms. The van der Waals surface area contributed by atoms with E-state index in [1.807, 2.05) is 12.1 Å². The first-order valence-corrected chi connectivity index (χ1v) is 7.67. The lowest BCUT2D eigenvalue weighted by Crippen LogP contribution is -2.71. The third kappa shape index (κ3) is 7.69. The maximum Gasteiger partial charge on any atom is 0.335 e. The lowest BCUT2D eigenvalue weighted by molar-refractivity contribution is -0.448. The van der Waals surface area contributed by atoms with Gasteiger partial charge in [-0.3, -0.25) is 4.79 Å². The van der Waals surface area contributed by atoms with Gasteiger partial charge in [-0.15, -0.1) is 0 Å². The molecule has 0 saturated carbocycles. The molecule has 8 N–H and O–H groups in total. The van der Waals surface area contributed by atoms with Crippen molar-refractivity contribution in [2.75, 3.05) is 0 Å². The summed E-state index contributed by atoms with van der Waals surface area (Å²) in [5.74, 6) is -2.38. The monoisotopic (exact) mass is 369 g/mol. The molecule has 0 bridgehead atoms. The zero-order valence-corrected chi connectivity index (χ0v) is 14.7. The summed E-state index contributed by atoms with van der Waals surface area (Å²) in [6.45, 7) is 2.57. The lowest BCUT2D eigenvalue weighted by atomic mass is 9.93. The van der Waals surface area contributed by atoms with Crippen LogP contribution < -0.4 is 5.73 Å². The number of aliphatic carboxylic acids is 1. The number of rotatable bonds is 7. The SMILES string of the molecule is CC(=O)[C@H](O)[C@@H](O)C(=O)O.C[C@]([NH3+])(C#N)Cc1ccc(CO)c(CO)c1.